The summed E-state index contributed by atoms with van der Waals surface area (Å²) in [5, 5.41) is 14.9. The molecule has 3 aromatic carbocycles. The van der Waals surface area contributed by atoms with E-state index < -0.39 is 39.6 Å². The van der Waals surface area contributed by atoms with E-state index in [0.717, 1.165) is 5.56 Å². The molecule has 0 spiro atoms. The summed E-state index contributed by atoms with van der Waals surface area (Å²) in [5.41, 5.74) is 3.63. The van der Waals surface area contributed by atoms with Crippen molar-refractivity contribution in [2.24, 2.45) is 0 Å². The van der Waals surface area contributed by atoms with Crippen LogP contribution in [0.25, 0.3) is 11.1 Å². The minimum Gasteiger partial charge on any atom is -0.480 e. The SMILES string of the molecule is Cc1cc(S(=O)(=O)Nc2cccc(-c3cc(C)c(C(=O)N[C@@H](CNC(=O)OC(C)(C)C)C(=O)O)c(C)c3)c2)c(C)cc1Cl. The number of carboxylic acid groups (broad SMARTS) is 1. The number of hydrogen-bond donors (Lipinski definition) is 4. The van der Waals surface area contributed by atoms with E-state index in [1.165, 1.54) is 6.07 Å². The summed E-state index contributed by atoms with van der Waals surface area (Å²) in [6, 6.07) is 12.1. The number of anilines is 1. The highest BCUT2D eigenvalue weighted by molar-refractivity contribution is 7.92. The Morgan fingerprint density at radius 2 is 1.53 bits per heavy atom. The Bertz CT molecular complexity index is 1660. The second-order valence-electron chi connectivity index (χ2n) is 11.3. The van der Waals surface area contributed by atoms with E-state index in [-0.39, 0.29) is 17.0 Å². The van der Waals surface area contributed by atoms with Crippen molar-refractivity contribution in [1.29, 1.82) is 0 Å². The van der Waals surface area contributed by atoms with Crippen LogP contribution in [0.15, 0.2) is 53.4 Å². The van der Waals surface area contributed by atoms with Gasteiger partial charge in [-0.1, -0.05) is 35.9 Å². The maximum atomic E-state index is 13.2. The van der Waals surface area contributed by atoms with Gasteiger partial charge < -0.3 is 20.5 Å². The fourth-order valence-corrected chi connectivity index (χ4v) is 6.01. The standard InChI is InChI=1S/C31H36ClN3O7S/c1-17-14-26(18(2)13-24(17)32)43(40,41)35-23-10-8-9-21(15-23)22-11-19(3)27(20(4)12-22)28(36)34-25(29(37)38)16-33-30(39)42-31(5,6)7/h8-15,25,35H,16H2,1-7H3,(H,33,39)(H,34,36)(H,37,38)/t25-/m0/s1. The molecule has 10 nitrogen and oxygen atoms in total. The maximum absolute atomic E-state index is 13.2. The largest absolute Gasteiger partial charge is 0.480 e. The zero-order valence-electron chi connectivity index (χ0n) is 25.1. The van der Waals surface area contributed by atoms with Gasteiger partial charge in [0.2, 0.25) is 0 Å². The summed E-state index contributed by atoms with van der Waals surface area (Å²) in [6.45, 7) is 11.5. The maximum Gasteiger partial charge on any atom is 0.407 e. The number of aryl methyl sites for hydroxylation is 4. The lowest BCUT2D eigenvalue weighted by Gasteiger charge is -2.21. The van der Waals surface area contributed by atoms with Crippen LogP contribution < -0.4 is 15.4 Å². The Morgan fingerprint density at radius 1 is 0.907 bits per heavy atom. The van der Waals surface area contributed by atoms with Crippen LogP contribution >= 0.6 is 11.6 Å². The molecule has 0 saturated heterocycles. The first-order valence-electron chi connectivity index (χ1n) is 13.4. The number of amides is 2. The summed E-state index contributed by atoms with van der Waals surface area (Å²) in [5.74, 6) is -1.94. The number of carbonyl (C=O) groups is 3. The Labute approximate surface area is 256 Å². The number of nitrogens with one attached hydrogen (secondary N) is 3. The molecule has 0 bridgehead atoms. The van der Waals surface area contributed by atoms with Crippen LogP contribution in [0.2, 0.25) is 5.02 Å². The molecule has 2 amide bonds. The minimum absolute atomic E-state index is 0.128. The quantitative estimate of drug-likeness (QED) is 0.235. The van der Waals surface area contributed by atoms with Crippen molar-refractivity contribution in [3.63, 3.8) is 0 Å². The van der Waals surface area contributed by atoms with Gasteiger partial charge in [-0.2, -0.15) is 0 Å². The summed E-state index contributed by atoms with van der Waals surface area (Å²) in [7, 11) is -3.90. The molecule has 0 heterocycles. The number of benzene rings is 3. The fraction of sp³-hybridized carbons (Fsp3) is 0.323. The molecular formula is C31H36ClN3O7S. The number of carboxylic acids is 1. The summed E-state index contributed by atoms with van der Waals surface area (Å²) in [4.78, 5) is 37.0. The molecule has 0 aliphatic carbocycles. The van der Waals surface area contributed by atoms with Crippen molar-refractivity contribution in [3.8, 4) is 11.1 Å². The van der Waals surface area contributed by atoms with Gasteiger partial charge in [-0.3, -0.25) is 9.52 Å². The molecule has 4 N–H and O–H groups in total. The number of ether oxygens (including phenoxy) is 1. The zero-order valence-corrected chi connectivity index (χ0v) is 26.7. The van der Waals surface area contributed by atoms with E-state index in [1.54, 1.807) is 84.9 Å². The number of rotatable bonds is 9. The topological polar surface area (TPSA) is 151 Å². The molecule has 3 aromatic rings. The van der Waals surface area contributed by atoms with E-state index >= 15 is 0 Å². The third-order valence-electron chi connectivity index (χ3n) is 6.41. The lowest BCUT2D eigenvalue weighted by Crippen LogP contribution is -2.49. The predicted molar refractivity (Wildman–Crippen MR) is 166 cm³/mol. The van der Waals surface area contributed by atoms with Crippen LogP contribution in [0.5, 0.6) is 0 Å². The number of alkyl carbamates (subject to hydrolysis) is 1. The number of sulfonamides is 1. The average Bonchev–Trinajstić information content (AvgIpc) is 2.86. The fourth-order valence-electron chi connectivity index (χ4n) is 4.43. The van der Waals surface area contributed by atoms with Gasteiger partial charge in [0.1, 0.15) is 11.6 Å². The number of halogens is 1. The van der Waals surface area contributed by atoms with Crippen molar-refractivity contribution < 1.29 is 32.6 Å². The number of aliphatic carboxylic acids is 1. The van der Waals surface area contributed by atoms with Crippen LogP contribution in [-0.2, 0) is 19.6 Å². The number of hydrogen-bond acceptors (Lipinski definition) is 6. The number of carbonyl (C=O) groups excluding carboxylic acids is 2. The molecule has 0 saturated carbocycles. The van der Waals surface area contributed by atoms with E-state index in [0.29, 0.717) is 38.5 Å². The highest BCUT2D eigenvalue weighted by atomic mass is 35.5. The first-order chi connectivity index (χ1) is 19.9. The zero-order chi connectivity index (χ0) is 32.3. The Morgan fingerprint density at radius 3 is 2.12 bits per heavy atom. The van der Waals surface area contributed by atoms with Crippen LogP contribution in [0.3, 0.4) is 0 Å². The lowest BCUT2D eigenvalue weighted by molar-refractivity contribution is -0.139. The van der Waals surface area contributed by atoms with Gasteiger partial charge in [0.05, 0.1) is 11.4 Å². The van der Waals surface area contributed by atoms with Crippen molar-refractivity contribution in [2.45, 2.75) is 65.0 Å². The van der Waals surface area contributed by atoms with Crippen LogP contribution in [-0.4, -0.2) is 49.7 Å². The third kappa shape index (κ3) is 8.71. The molecule has 3 rings (SSSR count). The highest BCUT2D eigenvalue weighted by Crippen LogP contribution is 2.30. The first kappa shape index (κ1) is 33.4. The van der Waals surface area contributed by atoms with Crippen molar-refractivity contribution in [1.82, 2.24) is 10.6 Å². The molecule has 0 radical (unpaired) electrons. The van der Waals surface area contributed by atoms with Gasteiger partial charge in [-0.25, -0.2) is 18.0 Å². The predicted octanol–water partition coefficient (Wildman–Crippen LogP) is 5.75. The molecule has 230 valence electrons. The van der Waals surface area contributed by atoms with Gasteiger partial charge in [-0.05, 0) is 106 Å². The van der Waals surface area contributed by atoms with Crippen LogP contribution in [0, 0.1) is 27.7 Å². The molecule has 1 atom stereocenters. The Hall–Kier alpha value is -4.09. The molecular weight excluding hydrogens is 594 g/mol. The lowest BCUT2D eigenvalue weighted by atomic mass is 9.94. The van der Waals surface area contributed by atoms with Gasteiger partial charge in [0.15, 0.2) is 0 Å². The molecule has 0 fully saturated rings. The molecule has 12 heteroatoms. The normalized spacial score (nSPS) is 12.3. The molecule has 0 aliphatic rings. The summed E-state index contributed by atoms with van der Waals surface area (Å²) < 4.78 is 34.1. The Kier molecular flexibility index (Phi) is 10.1. The van der Waals surface area contributed by atoms with Crippen LogP contribution in [0.4, 0.5) is 10.5 Å². The van der Waals surface area contributed by atoms with E-state index in [2.05, 4.69) is 15.4 Å². The van der Waals surface area contributed by atoms with Gasteiger partial charge in [-0.15, -0.1) is 0 Å². The van der Waals surface area contributed by atoms with Crippen molar-refractivity contribution in [2.75, 3.05) is 11.3 Å². The average molecular weight is 630 g/mol. The van der Waals surface area contributed by atoms with Crippen LogP contribution in [0.1, 0.15) is 53.4 Å². The molecule has 0 aromatic heterocycles. The minimum atomic E-state index is -3.90. The van der Waals surface area contributed by atoms with Crippen molar-refractivity contribution in [3.05, 3.63) is 81.4 Å². The molecule has 43 heavy (non-hydrogen) atoms. The van der Waals surface area contributed by atoms with Gasteiger partial charge in [0.25, 0.3) is 15.9 Å². The first-order valence-corrected chi connectivity index (χ1v) is 15.3. The highest BCUT2D eigenvalue weighted by Gasteiger charge is 2.25. The van der Waals surface area contributed by atoms with E-state index in [9.17, 15) is 27.9 Å². The van der Waals surface area contributed by atoms with E-state index in [4.69, 9.17) is 16.3 Å². The monoisotopic (exact) mass is 629 g/mol. The Balaban J connectivity index is 1.81. The van der Waals surface area contributed by atoms with Gasteiger partial charge in [0, 0.05) is 16.3 Å². The van der Waals surface area contributed by atoms with Gasteiger partial charge >= 0.3 is 12.1 Å². The summed E-state index contributed by atoms with van der Waals surface area (Å²) >= 11 is 6.14. The van der Waals surface area contributed by atoms with Crippen molar-refractivity contribution >= 4 is 45.3 Å². The molecule has 0 aliphatic heterocycles. The molecule has 0 unspecified atom stereocenters. The summed E-state index contributed by atoms with van der Waals surface area (Å²) in [6.07, 6.45) is -0.798. The smallest absolute Gasteiger partial charge is 0.407 e. The van der Waals surface area contributed by atoms with E-state index in [1.807, 2.05) is 6.07 Å². The second kappa shape index (κ2) is 13.0. The third-order valence-corrected chi connectivity index (χ3v) is 8.34. The second-order valence-corrected chi connectivity index (χ2v) is 13.3.